The van der Waals surface area contributed by atoms with Crippen molar-refractivity contribution < 1.29 is 28.1 Å². The van der Waals surface area contributed by atoms with Crippen LogP contribution in [0.15, 0.2) is 36.9 Å². The Hall–Kier alpha value is -1.22. The Labute approximate surface area is 208 Å². The minimum absolute atomic E-state index is 0.00769. The smallest absolute Gasteiger partial charge is 0.192 e. The fourth-order valence-corrected chi connectivity index (χ4v) is 5.39. The molecule has 7 heteroatoms. The Kier molecular flexibility index (Phi) is 10.4. The molecule has 1 fully saturated rings. The van der Waals surface area contributed by atoms with E-state index in [0.717, 1.165) is 11.3 Å². The van der Waals surface area contributed by atoms with E-state index in [2.05, 4.69) is 54.3 Å². The average Bonchev–Trinajstić information content (AvgIpc) is 3.48. The predicted octanol–water partition coefficient (Wildman–Crippen LogP) is 5.82. The van der Waals surface area contributed by atoms with Gasteiger partial charge >= 0.3 is 0 Å². The third-order valence-corrected chi connectivity index (χ3v) is 11.7. The third kappa shape index (κ3) is 7.39. The zero-order chi connectivity index (χ0) is 25.6. The molecule has 5 atom stereocenters. The predicted molar refractivity (Wildman–Crippen MR) is 139 cm³/mol. The van der Waals surface area contributed by atoms with Gasteiger partial charge in [-0.05, 0) is 42.8 Å². The number of benzene rings is 1. The lowest BCUT2D eigenvalue weighted by Gasteiger charge is -2.42. The van der Waals surface area contributed by atoms with Crippen molar-refractivity contribution in [3.8, 4) is 5.75 Å². The van der Waals surface area contributed by atoms with Gasteiger partial charge in [0.25, 0.3) is 0 Å². The summed E-state index contributed by atoms with van der Waals surface area (Å²) in [7, 11) is 1.23. The first-order valence-corrected chi connectivity index (χ1v) is 15.1. The molecular formula is C27H46O6Si. The number of hydrogen-bond donors (Lipinski definition) is 0. The van der Waals surface area contributed by atoms with Gasteiger partial charge in [0.05, 0.1) is 39.1 Å². The van der Waals surface area contributed by atoms with E-state index < -0.39 is 13.9 Å². The summed E-state index contributed by atoms with van der Waals surface area (Å²) in [4.78, 5) is 0. The summed E-state index contributed by atoms with van der Waals surface area (Å²) in [6, 6.07) is 7.96. The SMILES string of the molecule is C=C[C@H](COCOC)[C@H](O[Si](C)(C)C(C)(C)C)[C@@]1(C)O[C@@H]1[C@@H](C)COCc1ccc(OC)cc1. The molecule has 0 saturated carbocycles. The number of hydrogen-bond acceptors (Lipinski definition) is 6. The summed E-state index contributed by atoms with van der Waals surface area (Å²) >= 11 is 0. The fourth-order valence-electron chi connectivity index (χ4n) is 3.99. The Balaban J connectivity index is 2.06. The lowest BCUT2D eigenvalue weighted by atomic mass is 9.86. The van der Waals surface area contributed by atoms with Crippen LogP contribution in [0.5, 0.6) is 5.75 Å². The van der Waals surface area contributed by atoms with Gasteiger partial charge in [-0.3, -0.25) is 0 Å². The summed E-state index contributed by atoms with van der Waals surface area (Å²) in [5.41, 5.74) is 0.696. The molecule has 0 radical (unpaired) electrons. The van der Waals surface area contributed by atoms with E-state index in [1.165, 1.54) is 0 Å². The Morgan fingerprint density at radius 2 is 1.76 bits per heavy atom. The van der Waals surface area contributed by atoms with Gasteiger partial charge in [-0.2, -0.15) is 0 Å². The van der Waals surface area contributed by atoms with Crippen LogP contribution in [0, 0.1) is 11.8 Å². The van der Waals surface area contributed by atoms with Crippen LogP contribution in [-0.2, 0) is 30.0 Å². The van der Waals surface area contributed by atoms with Crippen molar-refractivity contribution in [1.29, 1.82) is 0 Å². The first-order chi connectivity index (χ1) is 15.9. The van der Waals surface area contributed by atoms with Gasteiger partial charge < -0.3 is 28.1 Å². The molecule has 1 aliphatic heterocycles. The molecule has 1 aromatic rings. The number of epoxide rings is 1. The molecule has 0 amide bonds. The van der Waals surface area contributed by atoms with Crippen molar-refractivity contribution in [2.75, 3.05) is 34.2 Å². The maximum Gasteiger partial charge on any atom is 0.192 e. The normalized spacial score (nSPS) is 23.3. The zero-order valence-corrected chi connectivity index (χ0v) is 23.7. The Morgan fingerprint density at radius 1 is 1.12 bits per heavy atom. The summed E-state index contributed by atoms with van der Waals surface area (Å²) < 4.78 is 35.4. The molecule has 2 rings (SSSR count). The highest BCUT2D eigenvalue weighted by Gasteiger charge is 2.63. The van der Waals surface area contributed by atoms with Crippen LogP contribution in [-0.4, -0.2) is 60.4 Å². The van der Waals surface area contributed by atoms with Crippen molar-refractivity contribution in [1.82, 2.24) is 0 Å². The van der Waals surface area contributed by atoms with Gasteiger partial charge in [-0.1, -0.05) is 45.9 Å². The van der Waals surface area contributed by atoms with Crippen LogP contribution in [0.3, 0.4) is 0 Å². The Bertz CT molecular complexity index is 759. The standard InChI is InChI=1S/C27H46O6Si/c1-11-22(18-31-19-28-7)25(33-34(9,10)26(3,4)5)27(6)24(32-27)20(2)16-30-17-21-12-14-23(29-8)15-13-21/h11-15,20,22,24-25H,1,16-19H2,2-10H3/t20-,22+,24+,25-,27-/m0/s1. The molecule has 1 saturated heterocycles. The molecule has 0 spiro atoms. The van der Waals surface area contributed by atoms with Gasteiger partial charge in [0.1, 0.15) is 18.1 Å². The maximum atomic E-state index is 6.96. The molecule has 0 unspecified atom stereocenters. The van der Waals surface area contributed by atoms with Gasteiger partial charge in [0.15, 0.2) is 8.32 Å². The second-order valence-corrected chi connectivity index (χ2v) is 15.8. The van der Waals surface area contributed by atoms with E-state index in [9.17, 15) is 0 Å². The van der Waals surface area contributed by atoms with Gasteiger partial charge in [0, 0.05) is 18.9 Å². The van der Waals surface area contributed by atoms with Gasteiger partial charge in [-0.15, -0.1) is 6.58 Å². The summed E-state index contributed by atoms with van der Waals surface area (Å²) in [5.74, 6) is 1.06. The van der Waals surface area contributed by atoms with E-state index in [1.807, 2.05) is 30.3 Å². The number of ether oxygens (including phenoxy) is 5. The van der Waals surface area contributed by atoms with Crippen LogP contribution in [0.4, 0.5) is 0 Å². The van der Waals surface area contributed by atoms with Gasteiger partial charge in [0.2, 0.25) is 0 Å². The highest BCUT2D eigenvalue weighted by molar-refractivity contribution is 6.74. The number of methoxy groups -OCH3 is 2. The lowest BCUT2D eigenvalue weighted by Crippen LogP contribution is -2.51. The van der Waals surface area contributed by atoms with Crippen molar-refractivity contribution in [2.45, 2.75) is 77.2 Å². The minimum Gasteiger partial charge on any atom is -0.497 e. The van der Waals surface area contributed by atoms with Crippen LogP contribution in [0.25, 0.3) is 0 Å². The topological polar surface area (TPSA) is 58.7 Å². The minimum atomic E-state index is -2.06. The van der Waals surface area contributed by atoms with Crippen molar-refractivity contribution in [3.63, 3.8) is 0 Å². The molecule has 1 aliphatic rings. The van der Waals surface area contributed by atoms with Crippen LogP contribution < -0.4 is 4.74 Å². The zero-order valence-electron chi connectivity index (χ0n) is 22.7. The molecule has 0 aromatic heterocycles. The molecule has 1 heterocycles. The largest absolute Gasteiger partial charge is 0.497 e. The van der Waals surface area contributed by atoms with E-state index >= 15 is 0 Å². The quantitative estimate of drug-likeness (QED) is 0.101. The molecule has 0 N–H and O–H groups in total. The van der Waals surface area contributed by atoms with Crippen LogP contribution >= 0.6 is 0 Å². The third-order valence-electron chi connectivity index (χ3n) is 7.21. The summed E-state index contributed by atoms with van der Waals surface area (Å²) in [6.07, 6.45) is 1.82. The molecule has 194 valence electrons. The van der Waals surface area contributed by atoms with Crippen LogP contribution in [0.1, 0.15) is 40.2 Å². The van der Waals surface area contributed by atoms with Crippen molar-refractivity contribution in [3.05, 3.63) is 42.5 Å². The first-order valence-electron chi connectivity index (χ1n) is 12.1. The summed E-state index contributed by atoms with van der Waals surface area (Å²) in [5, 5.41) is 0.0815. The maximum absolute atomic E-state index is 6.96. The molecule has 0 bridgehead atoms. The van der Waals surface area contributed by atoms with Crippen LogP contribution in [0.2, 0.25) is 18.1 Å². The van der Waals surface area contributed by atoms with E-state index in [1.54, 1.807) is 14.2 Å². The highest BCUT2D eigenvalue weighted by Crippen LogP contribution is 2.50. The second-order valence-electron chi connectivity index (χ2n) is 11.0. The van der Waals surface area contributed by atoms with E-state index in [0.29, 0.717) is 19.8 Å². The molecular weight excluding hydrogens is 448 g/mol. The highest BCUT2D eigenvalue weighted by atomic mass is 28.4. The summed E-state index contributed by atoms with van der Waals surface area (Å²) in [6.45, 7) is 21.6. The molecule has 1 aromatic carbocycles. The fraction of sp³-hybridized carbons (Fsp3) is 0.704. The molecule has 34 heavy (non-hydrogen) atoms. The van der Waals surface area contributed by atoms with E-state index in [-0.39, 0.29) is 35.9 Å². The first kappa shape index (κ1) is 29.0. The van der Waals surface area contributed by atoms with Crippen molar-refractivity contribution in [2.24, 2.45) is 11.8 Å². The lowest BCUT2D eigenvalue weighted by molar-refractivity contribution is -0.0589. The number of rotatable bonds is 15. The Morgan fingerprint density at radius 3 is 2.29 bits per heavy atom. The van der Waals surface area contributed by atoms with Crippen molar-refractivity contribution >= 4 is 8.32 Å². The monoisotopic (exact) mass is 494 g/mol. The average molecular weight is 495 g/mol. The van der Waals surface area contributed by atoms with E-state index in [4.69, 9.17) is 28.1 Å². The van der Waals surface area contributed by atoms with Gasteiger partial charge in [-0.25, -0.2) is 0 Å². The second kappa shape index (κ2) is 12.1. The molecule has 6 nitrogen and oxygen atoms in total. The molecule has 0 aliphatic carbocycles.